The van der Waals surface area contributed by atoms with Gasteiger partial charge in [-0.2, -0.15) is 0 Å². The molecule has 1 aromatic carbocycles. The number of piperidine rings is 1. The third-order valence-electron chi connectivity index (χ3n) is 5.23. The summed E-state index contributed by atoms with van der Waals surface area (Å²) < 4.78 is 10.7. The zero-order chi connectivity index (χ0) is 16.7. The van der Waals surface area contributed by atoms with E-state index in [1.165, 1.54) is 0 Å². The Balaban J connectivity index is 1.44. The Morgan fingerprint density at radius 2 is 2.04 bits per heavy atom. The maximum absolute atomic E-state index is 12.4. The highest BCUT2D eigenvalue weighted by molar-refractivity contribution is 5.91. The molecule has 0 radical (unpaired) electrons. The van der Waals surface area contributed by atoms with E-state index in [1.54, 1.807) is 6.07 Å². The second kappa shape index (κ2) is 5.58. The van der Waals surface area contributed by atoms with Crippen molar-refractivity contribution in [2.24, 2.45) is 0 Å². The zero-order valence-corrected chi connectivity index (χ0v) is 13.6. The summed E-state index contributed by atoms with van der Waals surface area (Å²) in [6.45, 7) is 2.11. The van der Waals surface area contributed by atoms with Crippen molar-refractivity contribution in [1.29, 1.82) is 0 Å². The van der Waals surface area contributed by atoms with E-state index in [4.69, 9.17) is 9.47 Å². The number of urea groups is 1. The van der Waals surface area contributed by atoms with Crippen molar-refractivity contribution >= 4 is 17.6 Å². The lowest BCUT2D eigenvalue weighted by Gasteiger charge is -2.50. The topological polar surface area (TPSA) is 88.7 Å². The summed E-state index contributed by atoms with van der Waals surface area (Å²) in [5.41, 5.74) is 1.35. The van der Waals surface area contributed by atoms with Gasteiger partial charge in [0, 0.05) is 18.2 Å². The molecule has 7 nitrogen and oxygen atoms in total. The fourth-order valence-corrected chi connectivity index (χ4v) is 3.72. The number of ether oxygens (including phenoxy) is 2. The van der Waals surface area contributed by atoms with E-state index >= 15 is 0 Å². The van der Waals surface area contributed by atoms with Gasteiger partial charge in [-0.1, -0.05) is 0 Å². The Kier molecular flexibility index (Phi) is 3.51. The highest BCUT2D eigenvalue weighted by Crippen LogP contribution is 2.39. The molecule has 3 aliphatic rings. The van der Waals surface area contributed by atoms with Gasteiger partial charge < -0.3 is 25.4 Å². The fraction of sp³-hybridized carbons (Fsp3) is 0.529. The maximum atomic E-state index is 12.4. The van der Waals surface area contributed by atoms with Gasteiger partial charge >= 0.3 is 6.03 Å². The van der Waals surface area contributed by atoms with Gasteiger partial charge in [0.15, 0.2) is 11.5 Å². The lowest BCUT2D eigenvalue weighted by atomic mass is 9.68. The molecule has 1 unspecified atom stereocenters. The van der Waals surface area contributed by atoms with Crippen LogP contribution in [-0.2, 0) is 4.79 Å². The van der Waals surface area contributed by atoms with Crippen LogP contribution in [0.25, 0.3) is 0 Å². The first-order valence-corrected chi connectivity index (χ1v) is 8.34. The number of amides is 3. The van der Waals surface area contributed by atoms with Crippen molar-refractivity contribution < 1.29 is 19.1 Å². The molecule has 1 aromatic rings. The van der Waals surface area contributed by atoms with Crippen LogP contribution in [0, 0.1) is 6.92 Å². The van der Waals surface area contributed by atoms with E-state index in [-0.39, 0.29) is 30.3 Å². The minimum Gasteiger partial charge on any atom is -0.454 e. The Bertz CT molecular complexity index is 699. The van der Waals surface area contributed by atoms with E-state index in [1.807, 2.05) is 13.0 Å². The summed E-state index contributed by atoms with van der Waals surface area (Å²) in [5, 5.41) is 9.00. The second-order valence-electron chi connectivity index (χ2n) is 6.77. The lowest BCUT2D eigenvalue weighted by molar-refractivity contribution is -0.127. The van der Waals surface area contributed by atoms with E-state index in [2.05, 4.69) is 16.0 Å². The van der Waals surface area contributed by atoms with E-state index in [9.17, 15) is 9.59 Å². The number of carbonyl (C=O) groups is 2. The van der Waals surface area contributed by atoms with E-state index in [0.29, 0.717) is 30.0 Å². The molecule has 3 amide bonds. The van der Waals surface area contributed by atoms with Crippen LogP contribution in [0.5, 0.6) is 11.5 Å². The van der Waals surface area contributed by atoms with Gasteiger partial charge in [-0.05, 0) is 44.2 Å². The molecule has 1 aliphatic carbocycles. The molecule has 7 heteroatoms. The highest BCUT2D eigenvalue weighted by Gasteiger charge is 2.48. The molecular weight excluding hydrogens is 310 g/mol. The van der Waals surface area contributed by atoms with Crippen LogP contribution in [0.4, 0.5) is 10.5 Å². The van der Waals surface area contributed by atoms with Crippen molar-refractivity contribution in [3.05, 3.63) is 17.7 Å². The van der Waals surface area contributed by atoms with Crippen LogP contribution in [-0.4, -0.2) is 30.3 Å². The predicted octanol–water partition coefficient (Wildman–Crippen LogP) is 2.05. The Morgan fingerprint density at radius 1 is 1.29 bits per heavy atom. The summed E-state index contributed by atoms with van der Waals surface area (Å²) in [7, 11) is 0. The summed E-state index contributed by atoms with van der Waals surface area (Å²) in [4.78, 5) is 24.1. The molecule has 1 spiro atoms. The first-order chi connectivity index (χ1) is 11.6. The minimum absolute atomic E-state index is 0.0294. The highest BCUT2D eigenvalue weighted by atomic mass is 16.7. The molecule has 1 saturated carbocycles. The Hall–Kier alpha value is -2.44. The van der Waals surface area contributed by atoms with Crippen molar-refractivity contribution in [1.82, 2.24) is 10.6 Å². The third kappa shape index (κ3) is 2.53. The SMILES string of the molecule is Cc1cc2c(cc1NC(=O)NC1CCC(=O)NC13CCC3)OCO2. The molecule has 0 bridgehead atoms. The summed E-state index contributed by atoms with van der Waals surface area (Å²) in [5.74, 6) is 1.41. The van der Waals surface area contributed by atoms with Crippen molar-refractivity contribution in [3.63, 3.8) is 0 Å². The maximum Gasteiger partial charge on any atom is 0.319 e. The summed E-state index contributed by atoms with van der Waals surface area (Å²) in [6.07, 6.45) is 4.07. The average molecular weight is 331 g/mol. The molecule has 3 N–H and O–H groups in total. The van der Waals surface area contributed by atoms with Crippen LogP contribution < -0.4 is 25.4 Å². The van der Waals surface area contributed by atoms with Crippen LogP contribution in [0.3, 0.4) is 0 Å². The molecule has 2 fully saturated rings. The van der Waals surface area contributed by atoms with Crippen LogP contribution in [0.1, 0.15) is 37.7 Å². The van der Waals surface area contributed by atoms with Gasteiger partial charge in [-0.15, -0.1) is 0 Å². The largest absolute Gasteiger partial charge is 0.454 e. The number of nitrogens with one attached hydrogen (secondary N) is 3. The normalized spacial score (nSPS) is 23.4. The second-order valence-corrected chi connectivity index (χ2v) is 6.77. The standard InChI is InChI=1S/C17H21N3O4/c1-10-7-12-13(24-9-23-12)8-11(10)18-16(22)19-14-3-4-15(21)20-17(14)5-2-6-17/h7-8,14H,2-6,9H2,1H3,(H,20,21)(H2,18,19,22). The molecule has 2 aliphatic heterocycles. The van der Waals surface area contributed by atoms with Crippen molar-refractivity contribution in [2.45, 2.75) is 50.6 Å². The number of fused-ring (bicyclic) bond motifs is 1. The fourth-order valence-electron chi connectivity index (χ4n) is 3.72. The molecule has 0 aromatic heterocycles. The number of aryl methyl sites for hydroxylation is 1. The van der Waals surface area contributed by atoms with Gasteiger partial charge in [0.05, 0.1) is 11.6 Å². The number of hydrogen-bond donors (Lipinski definition) is 3. The zero-order valence-electron chi connectivity index (χ0n) is 13.6. The van der Waals surface area contributed by atoms with Gasteiger partial charge in [0.2, 0.25) is 12.7 Å². The van der Waals surface area contributed by atoms with E-state index in [0.717, 1.165) is 24.8 Å². The Morgan fingerprint density at radius 3 is 2.75 bits per heavy atom. The molecule has 24 heavy (non-hydrogen) atoms. The van der Waals surface area contributed by atoms with Gasteiger partial charge in [-0.25, -0.2) is 4.79 Å². The van der Waals surface area contributed by atoms with Gasteiger partial charge in [-0.3, -0.25) is 4.79 Å². The van der Waals surface area contributed by atoms with E-state index < -0.39 is 0 Å². The van der Waals surface area contributed by atoms with Crippen molar-refractivity contribution in [2.75, 3.05) is 12.1 Å². The monoisotopic (exact) mass is 331 g/mol. The summed E-state index contributed by atoms with van der Waals surface area (Å²) in [6, 6.07) is 3.34. The predicted molar refractivity (Wildman–Crippen MR) is 87.2 cm³/mol. The average Bonchev–Trinajstić information content (AvgIpc) is 2.94. The smallest absolute Gasteiger partial charge is 0.319 e. The number of rotatable bonds is 2. The van der Waals surface area contributed by atoms with Gasteiger partial charge in [0.25, 0.3) is 0 Å². The first-order valence-electron chi connectivity index (χ1n) is 8.34. The molecular formula is C17H21N3O4. The van der Waals surface area contributed by atoms with Crippen LogP contribution in [0.2, 0.25) is 0 Å². The molecule has 2 heterocycles. The van der Waals surface area contributed by atoms with Crippen LogP contribution >= 0.6 is 0 Å². The minimum atomic E-state index is -0.260. The van der Waals surface area contributed by atoms with Crippen molar-refractivity contribution in [3.8, 4) is 11.5 Å². The Labute approximate surface area is 140 Å². The number of benzene rings is 1. The molecule has 1 saturated heterocycles. The summed E-state index contributed by atoms with van der Waals surface area (Å²) >= 11 is 0. The third-order valence-corrected chi connectivity index (χ3v) is 5.23. The lowest BCUT2D eigenvalue weighted by Crippen LogP contribution is -2.68. The molecule has 1 atom stereocenters. The van der Waals surface area contributed by atoms with Crippen LogP contribution in [0.15, 0.2) is 12.1 Å². The number of carbonyl (C=O) groups excluding carboxylic acids is 2. The first kappa shape index (κ1) is 15.1. The number of hydrogen-bond acceptors (Lipinski definition) is 4. The number of anilines is 1. The quantitative estimate of drug-likeness (QED) is 0.774. The molecule has 128 valence electrons. The van der Waals surface area contributed by atoms with Gasteiger partial charge in [0.1, 0.15) is 0 Å². The molecule has 4 rings (SSSR count).